The lowest BCUT2D eigenvalue weighted by atomic mass is 10.2. The van der Waals surface area contributed by atoms with Crippen molar-refractivity contribution in [2.24, 2.45) is 0 Å². The van der Waals surface area contributed by atoms with Crippen molar-refractivity contribution >= 4 is 23.2 Å². The molecule has 1 N–H and O–H groups in total. The van der Waals surface area contributed by atoms with Crippen molar-refractivity contribution in [2.45, 2.75) is 26.7 Å². The number of nitrogens with zero attached hydrogens (tertiary/aromatic N) is 2. The van der Waals surface area contributed by atoms with Crippen molar-refractivity contribution < 1.29 is 4.42 Å². The van der Waals surface area contributed by atoms with E-state index in [0.29, 0.717) is 11.7 Å². The minimum Gasteiger partial charge on any atom is -0.440 e. The van der Waals surface area contributed by atoms with Crippen LogP contribution in [0.5, 0.6) is 0 Å². The Morgan fingerprint density at radius 2 is 1.86 bits per heavy atom. The van der Waals surface area contributed by atoms with Crippen molar-refractivity contribution in [3.8, 4) is 0 Å². The number of para-hydroxylation sites is 2. The van der Waals surface area contributed by atoms with E-state index in [2.05, 4.69) is 28.1 Å². The van der Waals surface area contributed by atoms with Gasteiger partial charge in [-0.25, -0.2) is 9.97 Å². The van der Waals surface area contributed by atoms with E-state index in [0.717, 1.165) is 28.4 Å². The van der Waals surface area contributed by atoms with Gasteiger partial charge in [-0.1, -0.05) is 39.1 Å². The lowest BCUT2D eigenvalue weighted by molar-refractivity contribution is 0.464. The fourth-order valence-corrected chi connectivity index (χ4v) is 1.98. The third-order valence-electron chi connectivity index (χ3n) is 3.08. The largest absolute Gasteiger partial charge is 0.440 e. The van der Waals surface area contributed by atoms with Crippen LogP contribution in [-0.2, 0) is 0 Å². The molecule has 3 aromatic rings. The topological polar surface area (TPSA) is 54.7 Å². The maximum Gasteiger partial charge on any atom is 0.198 e. The summed E-state index contributed by atoms with van der Waals surface area (Å²) < 4.78 is 5.42. The number of oxazole rings is 1. The fourth-order valence-electron chi connectivity index (χ4n) is 1.98. The number of aromatic nitrogens is 3. The fraction of sp³-hybridized carbons (Fsp3) is 0.222. The predicted octanol–water partition coefficient (Wildman–Crippen LogP) is 4.96. The molecule has 4 nitrogen and oxygen atoms in total. The number of imidazole rings is 1. The second-order valence-corrected chi connectivity index (χ2v) is 5.20. The van der Waals surface area contributed by atoms with Crippen molar-refractivity contribution in [2.75, 3.05) is 0 Å². The van der Waals surface area contributed by atoms with Gasteiger partial charge < -0.3 is 9.40 Å². The third kappa shape index (κ3) is 3.52. The molecular weight excluding hydrogens is 274 g/mol. The highest BCUT2D eigenvalue weighted by atomic mass is 16.4. The zero-order valence-electron chi connectivity index (χ0n) is 13.3. The van der Waals surface area contributed by atoms with Crippen LogP contribution in [0.3, 0.4) is 0 Å². The molecule has 0 fully saturated rings. The van der Waals surface area contributed by atoms with E-state index in [1.54, 1.807) is 12.2 Å². The second kappa shape index (κ2) is 6.89. The Balaban J connectivity index is 0.000000162. The van der Waals surface area contributed by atoms with Crippen LogP contribution < -0.4 is 0 Å². The Bertz CT molecular complexity index is 722. The normalized spacial score (nSPS) is 10.4. The van der Waals surface area contributed by atoms with E-state index in [9.17, 15) is 0 Å². The van der Waals surface area contributed by atoms with Crippen molar-refractivity contribution in [3.63, 3.8) is 0 Å². The smallest absolute Gasteiger partial charge is 0.198 e. The molecule has 4 heteroatoms. The highest BCUT2D eigenvalue weighted by Crippen LogP contribution is 2.19. The Morgan fingerprint density at radius 3 is 2.41 bits per heavy atom. The van der Waals surface area contributed by atoms with Crippen molar-refractivity contribution in [1.82, 2.24) is 15.0 Å². The molecule has 3 rings (SSSR count). The summed E-state index contributed by atoms with van der Waals surface area (Å²) in [4.78, 5) is 11.6. The summed E-state index contributed by atoms with van der Waals surface area (Å²) in [7, 11) is 0. The number of fused-ring (bicyclic) bond motifs is 1. The van der Waals surface area contributed by atoms with Crippen LogP contribution >= 0.6 is 0 Å². The van der Waals surface area contributed by atoms with Gasteiger partial charge in [0.25, 0.3) is 0 Å². The number of nitrogens with one attached hydrogen (secondary N) is 1. The Kier molecular flexibility index (Phi) is 4.94. The zero-order valence-corrected chi connectivity index (χ0v) is 13.3. The molecule has 0 spiro atoms. The van der Waals surface area contributed by atoms with Crippen molar-refractivity contribution in [3.05, 3.63) is 60.6 Å². The number of aryl methyl sites for hydroxylation is 1. The number of benzene rings is 1. The van der Waals surface area contributed by atoms with Gasteiger partial charge in [-0.2, -0.15) is 0 Å². The average Bonchev–Trinajstić information content (AvgIpc) is 3.09. The van der Waals surface area contributed by atoms with Crippen molar-refractivity contribution in [1.29, 1.82) is 0 Å². The number of H-pyrrole nitrogens is 1. The molecule has 2 heterocycles. The lowest BCUT2D eigenvalue weighted by Gasteiger charge is -1.94. The number of aromatic amines is 1. The molecule has 0 aliphatic heterocycles. The van der Waals surface area contributed by atoms with Crippen LogP contribution in [0, 0.1) is 6.92 Å². The molecule has 0 unspecified atom stereocenters. The molecule has 1 aromatic carbocycles. The molecular formula is C18H21N3O. The molecule has 0 amide bonds. The molecule has 0 aliphatic carbocycles. The summed E-state index contributed by atoms with van der Waals surface area (Å²) in [6.45, 7) is 13.3. The van der Waals surface area contributed by atoms with Crippen LogP contribution in [0.2, 0.25) is 0 Å². The van der Waals surface area contributed by atoms with Gasteiger partial charge in [0.05, 0.1) is 11.0 Å². The third-order valence-corrected chi connectivity index (χ3v) is 3.08. The minimum atomic E-state index is 0.303. The molecule has 0 atom stereocenters. The molecule has 0 radical (unpaired) electrons. The summed E-state index contributed by atoms with van der Waals surface area (Å²) in [5.41, 5.74) is 2.92. The number of rotatable bonds is 3. The van der Waals surface area contributed by atoms with E-state index >= 15 is 0 Å². The van der Waals surface area contributed by atoms with E-state index in [4.69, 9.17) is 4.42 Å². The molecule has 22 heavy (non-hydrogen) atoms. The summed E-state index contributed by atoms with van der Waals surface area (Å²) >= 11 is 0. The first-order chi connectivity index (χ1) is 10.5. The van der Waals surface area contributed by atoms with Gasteiger partial charge in [0.2, 0.25) is 0 Å². The Morgan fingerprint density at radius 1 is 1.14 bits per heavy atom. The van der Waals surface area contributed by atoms with Crippen LogP contribution in [0.15, 0.2) is 41.8 Å². The molecule has 2 aromatic heterocycles. The maximum absolute atomic E-state index is 5.42. The number of hydrogen-bond donors (Lipinski definition) is 1. The molecule has 114 valence electrons. The summed E-state index contributed by atoms with van der Waals surface area (Å²) in [6, 6.07) is 8.01. The first-order valence-corrected chi connectivity index (χ1v) is 7.22. The lowest BCUT2D eigenvalue weighted by Crippen LogP contribution is -1.85. The van der Waals surface area contributed by atoms with Crippen LogP contribution in [0.1, 0.15) is 42.9 Å². The average molecular weight is 295 g/mol. The maximum atomic E-state index is 5.42. The van der Waals surface area contributed by atoms with E-state index in [1.165, 1.54) is 0 Å². The summed E-state index contributed by atoms with van der Waals surface area (Å²) in [5.74, 6) is 2.71. The van der Waals surface area contributed by atoms with E-state index < -0.39 is 0 Å². The highest BCUT2D eigenvalue weighted by molar-refractivity contribution is 5.74. The molecule has 0 bridgehead atoms. The minimum absolute atomic E-state index is 0.303. The summed E-state index contributed by atoms with van der Waals surface area (Å²) in [5, 5.41) is 0. The van der Waals surface area contributed by atoms with Crippen LogP contribution in [-0.4, -0.2) is 15.0 Å². The van der Waals surface area contributed by atoms with Gasteiger partial charge in [-0.3, -0.25) is 0 Å². The highest BCUT2D eigenvalue weighted by Gasteiger charge is 2.10. The van der Waals surface area contributed by atoms with Gasteiger partial charge in [-0.15, -0.1) is 0 Å². The van der Waals surface area contributed by atoms with Gasteiger partial charge in [0.1, 0.15) is 11.5 Å². The standard InChI is InChI=1S/C10H13NO.C8H8N2/c1-5-8-9(6-2)12-10(11-8)7(3)4;1-6-9-7-4-2-3-5-8(7)10-6/h5-7H,1-2H2,3-4H3;2-5H,1H3,(H,9,10). The van der Waals surface area contributed by atoms with Gasteiger partial charge in [0.15, 0.2) is 11.7 Å². The molecule has 0 saturated heterocycles. The van der Waals surface area contributed by atoms with E-state index in [1.807, 2.05) is 45.0 Å². The zero-order chi connectivity index (χ0) is 16.1. The monoisotopic (exact) mass is 295 g/mol. The van der Waals surface area contributed by atoms with Gasteiger partial charge >= 0.3 is 0 Å². The molecule has 0 aliphatic rings. The predicted molar refractivity (Wildman–Crippen MR) is 91.6 cm³/mol. The quantitative estimate of drug-likeness (QED) is 0.743. The van der Waals surface area contributed by atoms with Crippen LogP contribution in [0.25, 0.3) is 23.2 Å². The SMILES string of the molecule is C=Cc1nc(C(C)C)oc1C=C.Cc1nc2ccccc2[nH]1. The van der Waals surface area contributed by atoms with E-state index in [-0.39, 0.29) is 0 Å². The van der Waals surface area contributed by atoms with Crippen LogP contribution in [0.4, 0.5) is 0 Å². The Labute approximate surface area is 130 Å². The molecule has 0 saturated carbocycles. The first-order valence-electron chi connectivity index (χ1n) is 7.22. The number of hydrogen-bond acceptors (Lipinski definition) is 3. The Hall–Kier alpha value is -2.62. The van der Waals surface area contributed by atoms with Gasteiger partial charge in [-0.05, 0) is 31.2 Å². The van der Waals surface area contributed by atoms with Gasteiger partial charge in [0, 0.05) is 5.92 Å². The first kappa shape index (κ1) is 15.8. The second-order valence-electron chi connectivity index (χ2n) is 5.20. The summed E-state index contributed by atoms with van der Waals surface area (Å²) in [6.07, 6.45) is 3.32.